The lowest BCUT2D eigenvalue weighted by Gasteiger charge is -2.18. The standard InChI is InChI=1S/C16H23N3O6S/c1-4-10-8-19(14-12(21)11(20)9(3)25-14)15(22)17-13(10)18-16(23)24-6-7-26-5-2/h4,8-9,11-12,14,20-21H,1,5-7H2,2-3H3,(H,17,18,22,23)/t9-,11-,12-,14-/m1/s1. The Bertz CT molecular complexity index is 710. The van der Waals surface area contributed by atoms with E-state index in [0.717, 1.165) is 10.3 Å². The number of nitrogens with zero attached hydrogens (tertiary/aromatic N) is 2. The van der Waals surface area contributed by atoms with Gasteiger partial charge < -0.3 is 19.7 Å². The summed E-state index contributed by atoms with van der Waals surface area (Å²) < 4.78 is 11.5. The van der Waals surface area contributed by atoms with Crippen LogP contribution < -0.4 is 11.0 Å². The molecule has 1 saturated heterocycles. The number of rotatable bonds is 7. The van der Waals surface area contributed by atoms with Gasteiger partial charge in [0.2, 0.25) is 0 Å². The number of anilines is 1. The molecule has 1 aliphatic heterocycles. The van der Waals surface area contributed by atoms with Gasteiger partial charge in [-0.15, -0.1) is 0 Å². The van der Waals surface area contributed by atoms with Crippen LogP contribution in [-0.2, 0) is 9.47 Å². The molecule has 0 radical (unpaired) electrons. The number of hydrogen-bond acceptors (Lipinski definition) is 8. The summed E-state index contributed by atoms with van der Waals surface area (Å²) in [4.78, 5) is 27.9. The number of nitrogens with one attached hydrogen (secondary N) is 1. The molecule has 1 aromatic heterocycles. The van der Waals surface area contributed by atoms with Crippen molar-refractivity contribution in [3.63, 3.8) is 0 Å². The molecular formula is C16H23N3O6S. The van der Waals surface area contributed by atoms with Gasteiger partial charge in [0.25, 0.3) is 0 Å². The minimum absolute atomic E-state index is 0.00419. The summed E-state index contributed by atoms with van der Waals surface area (Å²) in [7, 11) is 0. The van der Waals surface area contributed by atoms with Crippen LogP contribution in [0.3, 0.4) is 0 Å². The van der Waals surface area contributed by atoms with Crippen molar-refractivity contribution in [1.29, 1.82) is 0 Å². The highest BCUT2D eigenvalue weighted by Gasteiger charge is 2.42. The molecule has 0 spiro atoms. The highest BCUT2D eigenvalue weighted by molar-refractivity contribution is 7.99. The van der Waals surface area contributed by atoms with Gasteiger partial charge >= 0.3 is 11.8 Å². The van der Waals surface area contributed by atoms with E-state index in [1.807, 2.05) is 6.92 Å². The second-order valence-corrected chi connectivity index (χ2v) is 7.00. The average molecular weight is 385 g/mol. The van der Waals surface area contributed by atoms with Crippen LogP contribution in [-0.4, -0.2) is 62.3 Å². The molecule has 0 saturated carbocycles. The highest BCUT2D eigenvalue weighted by atomic mass is 32.2. The minimum Gasteiger partial charge on any atom is -0.448 e. The third kappa shape index (κ3) is 4.64. The lowest BCUT2D eigenvalue weighted by atomic mass is 10.1. The molecule has 1 amide bonds. The van der Waals surface area contributed by atoms with Crippen LogP contribution in [0.1, 0.15) is 25.6 Å². The maximum Gasteiger partial charge on any atom is 0.412 e. The first-order valence-corrected chi connectivity index (χ1v) is 9.33. The summed E-state index contributed by atoms with van der Waals surface area (Å²) in [5.74, 6) is 1.59. The average Bonchev–Trinajstić information content (AvgIpc) is 2.86. The van der Waals surface area contributed by atoms with Crippen LogP contribution in [0.5, 0.6) is 0 Å². The van der Waals surface area contributed by atoms with E-state index in [1.54, 1.807) is 18.7 Å². The van der Waals surface area contributed by atoms with Crippen molar-refractivity contribution in [1.82, 2.24) is 9.55 Å². The van der Waals surface area contributed by atoms with Crippen molar-refractivity contribution in [3.05, 3.63) is 28.8 Å². The Labute approximate surface area is 155 Å². The molecule has 2 heterocycles. The smallest absolute Gasteiger partial charge is 0.412 e. The predicted octanol–water partition coefficient (Wildman–Crippen LogP) is 0.827. The van der Waals surface area contributed by atoms with Gasteiger partial charge in [-0.1, -0.05) is 19.6 Å². The Kier molecular flexibility index (Phi) is 7.21. The zero-order valence-corrected chi connectivity index (χ0v) is 15.4. The van der Waals surface area contributed by atoms with Crippen molar-refractivity contribution >= 4 is 29.7 Å². The largest absolute Gasteiger partial charge is 0.448 e. The Hall–Kier alpha value is -1.88. The Morgan fingerprint density at radius 2 is 2.27 bits per heavy atom. The van der Waals surface area contributed by atoms with Gasteiger partial charge in [-0.25, -0.2) is 9.59 Å². The van der Waals surface area contributed by atoms with Gasteiger partial charge in [0.15, 0.2) is 6.23 Å². The topological polar surface area (TPSA) is 123 Å². The van der Waals surface area contributed by atoms with Crippen molar-refractivity contribution in [2.24, 2.45) is 0 Å². The lowest BCUT2D eigenvalue weighted by molar-refractivity contribution is -0.0350. The molecule has 1 aliphatic rings. The molecule has 0 unspecified atom stereocenters. The van der Waals surface area contributed by atoms with Crippen molar-refractivity contribution < 1.29 is 24.5 Å². The quantitative estimate of drug-likeness (QED) is 0.590. The van der Waals surface area contributed by atoms with E-state index in [4.69, 9.17) is 9.47 Å². The maximum atomic E-state index is 12.3. The second kappa shape index (κ2) is 9.17. The Morgan fingerprint density at radius 1 is 1.54 bits per heavy atom. The van der Waals surface area contributed by atoms with Crippen LogP contribution in [0.2, 0.25) is 0 Å². The molecule has 3 N–H and O–H groups in total. The fourth-order valence-electron chi connectivity index (χ4n) is 2.44. The van der Waals surface area contributed by atoms with Gasteiger partial charge in [0, 0.05) is 17.5 Å². The van der Waals surface area contributed by atoms with Crippen LogP contribution in [0.4, 0.5) is 10.6 Å². The van der Waals surface area contributed by atoms with E-state index in [2.05, 4.69) is 16.9 Å². The van der Waals surface area contributed by atoms with Crippen LogP contribution in [0, 0.1) is 0 Å². The summed E-state index contributed by atoms with van der Waals surface area (Å²) in [5.41, 5.74) is -0.410. The van der Waals surface area contributed by atoms with Gasteiger partial charge in [-0.2, -0.15) is 16.7 Å². The molecule has 4 atom stereocenters. The third-order valence-corrected chi connectivity index (χ3v) is 4.70. The van der Waals surface area contributed by atoms with Crippen molar-refractivity contribution in [2.45, 2.75) is 38.4 Å². The van der Waals surface area contributed by atoms with E-state index in [1.165, 1.54) is 12.3 Å². The molecule has 0 aliphatic carbocycles. The normalized spacial score (nSPS) is 25.1. The number of carbonyl (C=O) groups excluding carboxylic acids is 1. The predicted molar refractivity (Wildman–Crippen MR) is 98.2 cm³/mol. The first-order valence-electron chi connectivity index (χ1n) is 8.17. The number of aromatic nitrogens is 2. The van der Waals surface area contributed by atoms with Crippen LogP contribution in [0.15, 0.2) is 17.6 Å². The van der Waals surface area contributed by atoms with E-state index < -0.39 is 36.3 Å². The number of thioether (sulfide) groups is 1. The number of aliphatic hydroxyl groups excluding tert-OH is 2. The summed E-state index contributed by atoms with van der Waals surface area (Å²) in [5, 5.41) is 22.3. The van der Waals surface area contributed by atoms with E-state index >= 15 is 0 Å². The lowest BCUT2D eigenvalue weighted by Crippen LogP contribution is -2.36. The monoisotopic (exact) mass is 385 g/mol. The van der Waals surface area contributed by atoms with Gasteiger partial charge in [-0.3, -0.25) is 9.88 Å². The number of aliphatic hydroxyl groups is 2. The molecular weight excluding hydrogens is 362 g/mol. The van der Waals surface area contributed by atoms with E-state index in [0.29, 0.717) is 11.3 Å². The number of hydrogen-bond donors (Lipinski definition) is 3. The zero-order chi connectivity index (χ0) is 19.3. The van der Waals surface area contributed by atoms with Crippen molar-refractivity contribution in [3.8, 4) is 0 Å². The van der Waals surface area contributed by atoms with Gasteiger partial charge in [-0.05, 0) is 12.7 Å². The first kappa shape index (κ1) is 20.4. The second-order valence-electron chi connectivity index (χ2n) is 5.61. The summed E-state index contributed by atoms with van der Waals surface area (Å²) in [6, 6.07) is 0. The Balaban J connectivity index is 2.15. The molecule has 26 heavy (non-hydrogen) atoms. The molecule has 0 bridgehead atoms. The summed E-state index contributed by atoms with van der Waals surface area (Å²) in [6.07, 6.45) is -2.09. The zero-order valence-electron chi connectivity index (χ0n) is 14.6. The number of ether oxygens (including phenoxy) is 2. The molecule has 0 aromatic carbocycles. The highest BCUT2D eigenvalue weighted by Crippen LogP contribution is 2.28. The Morgan fingerprint density at radius 3 is 2.85 bits per heavy atom. The fourth-order valence-corrected chi connectivity index (χ4v) is 2.93. The van der Waals surface area contributed by atoms with Crippen LogP contribution in [0.25, 0.3) is 6.08 Å². The van der Waals surface area contributed by atoms with Gasteiger partial charge in [0.1, 0.15) is 24.6 Å². The fraction of sp³-hybridized carbons (Fsp3) is 0.562. The molecule has 2 rings (SSSR count). The van der Waals surface area contributed by atoms with E-state index in [9.17, 15) is 19.8 Å². The summed E-state index contributed by atoms with van der Waals surface area (Å²) in [6.45, 7) is 7.46. The molecule has 144 valence electrons. The van der Waals surface area contributed by atoms with Gasteiger partial charge in [0.05, 0.1) is 6.10 Å². The molecule has 9 nitrogen and oxygen atoms in total. The van der Waals surface area contributed by atoms with E-state index in [-0.39, 0.29) is 12.4 Å². The minimum atomic E-state index is -1.28. The maximum absolute atomic E-state index is 12.3. The van der Waals surface area contributed by atoms with Crippen molar-refractivity contribution in [2.75, 3.05) is 23.4 Å². The first-order chi connectivity index (χ1) is 12.4. The molecule has 10 heteroatoms. The number of amides is 1. The SMILES string of the molecule is C=Cc1cn([C@@H]2O[C@H](C)[C@@H](O)[C@H]2O)c(=O)nc1NC(=O)OCCSCC. The van der Waals surface area contributed by atoms with Crippen LogP contribution >= 0.6 is 11.8 Å². The number of carbonyl (C=O) groups is 1. The summed E-state index contributed by atoms with van der Waals surface area (Å²) >= 11 is 1.63. The molecule has 1 fully saturated rings. The molecule has 1 aromatic rings. The third-order valence-electron chi connectivity index (χ3n) is 3.84.